The summed E-state index contributed by atoms with van der Waals surface area (Å²) < 4.78 is 0. The van der Waals surface area contributed by atoms with Crippen molar-refractivity contribution in [3.63, 3.8) is 0 Å². The summed E-state index contributed by atoms with van der Waals surface area (Å²) >= 11 is 0. The Labute approximate surface area is 117 Å². The second-order valence-corrected chi connectivity index (χ2v) is 6.17. The molecule has 1 aromatic heterocycles. The van der Waals surface area contributed by atoms with E-state index in [1.165, 1.54) is 12.0 Å². The van der Waals surface area contributed by atoms with Crippen LogP contribution in [0.2, 0.25) is 0 Å². The SMILES string of the molecule is CNC(C)c1ccnc(N2CC(C)CC(C)C2C)c1. The molecule has 1 aromatic rings. The summed E-state index contributed by atoms with van der Waals surface area (Å²) in [6, 6.07) is 5.29. The Morgan fingerprint density at radius 1 is 1.37 bits per heavy atom. The maximum absolute atomic E-state index is 4.60. The van der Waals surface area contributed by atoms with Crippen molar-refractivity contribution in [1.29, 1.82) is 0 Å². The first-order valence-corrected chi connectivity index (χ1v) is 7.42. The largest absolute Gasteiger partial charge is 0.353 e. The zero-order valence-electron chi connectivity index (χ0n) is 12.9. The number of hydrogen-bond donors (Lipinski definition) is 1. The molecule has 0 radical (unpaired) electrons. The lowest BCUT2D eigenvalue weighted by Crippen LogP contribution is -2.46. The number of aromatic nitrogens is 1. The van der Waals surface area contributed by atoms with E-state index in [-0.39, 0.29) is 0 Å². The summed E-state index contributed by atoms with van der Waals surface area (Å²) in [7, 11) is 2.00. The minimum Gasteiger partial charge on any atom is -0.353 e. The molecule has 0 saturated carbocycles. The Morgan fingerprint density at radius 3 is 2.79 bits per heavy atom. The van der Waals surface area contributed by atoms with Gasteiger partial charge >= 0.3 is 0 Å². The monoisotopic (exact) mass is 261 g/mol. The van der Waals surface area contributed by atoms with E-state index in [0.29, 0.717) is 12.1 Å². The third-order valence-electron chi connectivity index (χ3n) is 4.59. The van der Waals surface area contributed by atoms with E-state index in [1.807, 2.05) is 13.2 Å². The first-order valence-electron chi connectivity index (χ1n) is 7.42. The summed E-state index contributed by atoms with van der Waals surface area (Å²) in [5, 5.41) is 3.29. The van der Waals surface area contributed by atoms with E-state index in [1.54, 1.807) is 0 Å². The second kappa shape index (κ2) is 5.91. The predicted molar refractivity (Wildman–Crippen MR) is 81.5 cm³/mol. The van der Waals surface area contributed by atoms with Crippen LogP contribution < -0.4 is 10.2 Å². The van der Waals surface area contributed by atoms with Crippen LogP contribution in [0.25, 0.3) is 0 Å². The molecule has 0 aliphatic carbocycles. The smallest absolute Gasteiger partial charge is 0.129 e. The van der Waals surface area contributed by atoms with Crippen LogP contribution in [0.15, 0.2) is 18.3 Å². The van der Waals surface area contributed by atoms with Gasteiger partial charge in [-0.3, -0.25) is 0 Å². The molecule has 4 unspecified atom stereocenters. The molecule has 0 bridgehead atoms. The van der Waals surface area contributed by atoms with Crippen molar-refractivity contribution >= 4 is 5.82 Å². The quantitative estimate of drug-likeness (QED) is 0.905. The summed E-state index contributed by atoms with van der Waals surface area (Å²) in [6.07, 6.45) is 3.26. The van der Waals surface area contributed by atoms with Crippen LogP contribution >= 0.6 is 0 Å². The molecule has 3 nitrogen and oxygen atoms in total. The van der Waals surface area contributed by atoms with Crippen molar-refractivity contribution in [1.82, 2.24) is 10.3 Å². The molecule has 1 aliphatic heterocycles. The Balaban J connectivity index is 2.25. The van der Waals surface area contributed by atoms with Gasteiger partial charge in [0.15, 0.2) is 0 Å². The molecular weight excluding hydrogens is 234 g/mol. The van der Waals surface area contributed by atoms with Gasteiger partial charge in [0, 0.05) is 24.8 Å². The molecule has 2 heterocycles. The van der Waals surface area contributed by atoms with Gasteiger partial charge in [-0.05, 0) is 56.8 Å². The van der Waals surface area contributed by atoms with E-state index >= 15 is 0 Å². The van der Waals surface area contributed by atoms with Crippen LogP contribution in [0.4, 0.5) is 5.82 Å². The van der Waals surface area contributed by atoms with Crippen LogP contribution in [0.5, 0.6) is 0 Å². The highest BCUT2D eigenvalue weighted by Crippen LogP contribution is 2.31. The number of anilines is 1. The Kier molecular flexibility index (Phi) is 4.46. The molecule has 0 aromatic carbocycles. The van der Waals surface area contributed by atoms with Gasteiger partial charge < -0.3 is 10.2 Å². The number of hydrogen-bond acceptors (Lipinski definition) is 3. The fraction of sp³-hybridized carbons (Fsp3) is 0.688. The van der Waals surface area contributed by atoms with E-state index in [4.69, 9.17) is 0 Å². The van der Waals surface area contributed by atoms with Gasteiger partial charge in [0.1, 0.15) is 5.82 Å². The zero-order chi connectivity index (χ0) is 14.0. The number of rotatable bonds is 3. The lowest BCUT2D eigenvalue weighted by Gasteiger charge is -2.42. The summed E-state index contributed by atoms with van der Waals surface area (Å²) in [6.45, 7) is 10.3. The van der Waals surface area contributed by atoms with Crippen LogP contribution in [-0.2, 0) is 0 Å². The second-order valence-electron chi connectivity index (χ2n) is 6.17. The molecule has 0 amide bonds. The first kappa shape index (κ1) is 14.3. The average Bonchev–Trinajstić information content (AvgIpc) is 2.42. The minimum absolute atomic E-state index is 0.372. The lowest BCUT2D eigenvalue weighted by atomic mass is 9.86. The molecule has 1 N–H and O–H groups in total. The van der Waals surface area contributed by atoms with Gasteiger partial charge in [0.25, 0.3) is 0 Å². The van der Waals surface area contributed by atoms with Crippen molar-refractivity contribution < 1.29 is 0 Å². The standard InChI is InChI=1S/C16H27N3/c1-11-8-12(2)14(4)19(10-11)16-9-15(6-7-18-16)13(3)17-5/h6-7,9,11-14,17H,8,10H2,1-5H3. The molecular formula is C16H27N3. The number of pyridine rings is 1. The molecule has 0 spiro atoms. The summed E-state index contributed by atoms with van der Waals surface area (Å²) in [5.74, 6) is 2.61. The van der Waals surface area contributed by atoms with E-state index in [9.17, 15) is 0 Å². The third-order valence-corrected chi connectivity index (χ3v) is 4.59. The fourth-order valence-electron chi connectivity index (χ4n) is 3.04. The lowest BCUT2D eigenvalue weighted by molar-refractivity contribution is 0.295. The van der Waals surface area contributed by atoms with Crippen molar-refractivity contribution in [2.75, 3.05) is 18.5 Å². The van der Waals surface area contributed by atoms with Crippen molar-refractivity contribution in [3.8, 4) is 0 Å². The highest BCUT2D eigenvalue weighted by Gasteiger charge is 2.29. The van der Waals surface area contributed by atoms with E-state index in [2.05, 4.69) is 55.0 Å². The van der Waals surface area contributed by atoms with Crippen molar-refractivity contribution in [3.05, 3.63) is 23.9 Å². The molecule has 1 saturated heterocycles. The van der Waals surface area contributed by atoms with Crippen molar-refractivity contribution in [2.24, 2.45) is 11.8 Å². The van der Waals surface area contributed by atoms with E-state index < -0.39 is 0 Å². The van der Waals surface area contributed by atoms with Gasteiger partial charge in [-0.15, -0.1) is 0 Å². The molecule has 106 valence electrons. The van der Waals surface area contributed by atoms with Crippen molar-refractivity contribution in [2.45, 2.75) is 46.2 Å². The Morgan fingerprint density at radius 2 is 2.11 bits per heavy atom. The van der Waals surface area contributed by atoms with Crippen LogP contribution in [0, 0.1) is 11.8 Å². The van der Waals surface area contributed by atoms with Gasteiger partial charge in [-0.2, -0.15) is 0 Å². The molecule has 2 rings (SSSR count). The molecule has 19 heavy (non-hydrogen) atoms. The molecule has 3 heteroatoms. The summed E-state index contributed by atoms with van der Waals surface area (Å²) in [4.78, 5) is 7.07. The summed E-state index contributed by atoms with van der Waals surface area (Å²) in [5.41, 5.74) is 1.31. The van der Waals surface area contributed by atoms with Gasteiger partial charge in [-0.25, -0.2) is 4.98 Å². The van der Waals surface area contributed by atoms with E-state index in [0.717, 1.165) is 24.2 Å². The zero-order valence-corrected chi connectivity index (χ0v) is 12.9. The minimum atomic E-state index is 0.372. The normalized spacial score (nSPS) is 29.3. The third kappa shape index (κ3) is 3.08. The fourth-order valence-corrected chi connectivity index (χ4v) is 3.04. The molecule has 1 aliphatic rings. The Hall–Kier alpha value is -1.09. The highest BCUT2D eigenvalue weighted by molar-refractivity contribution is 5.43. The molecule has 1 fully saturated rings. The number of nitrogens with zero attached hydrogens (tertiary/aromatic N) is 2. The maximum atomic E-state index is 4.60. The molecule has 4 atom stereocenters. The maximum Gasteiger partial charge on any atom is 0.129 e. The van der Waals surface area contributed by atoms with Gasteiger partial charge in [-0.1, -0.05) is 13.8 Å². The van der Waals surface area contributed by atoms with Gasteiger partial charge in [0.2, 0.25) is 0 Å². The van der Waals surface area contributed by atoms with Crippen LogP contribution in [0.3, 0.4) is 0 Å². The predicted octanol–water partition coefficient (Wildman–Crippen LogP) is 3.23. The van der Waals surface area contributed by atoms with Gasteiger partial charge in [0.05, 0.1) is 0 Å². The average molecular weight is 261 g/mol. The van der Waals surface area contributed by atoms with Crippen LogP contribution in [-0.4, -0.2) is 24.6 Å². The Bertz CT molecular complexity index is 418. The number of piperidine rings is 1. The number of nitrogens with one attached hydrogen (secondary N) is 1. The van der Waals surface area contributed by atoms with Crippen LogP contribution in [0.1, 0.15) is 45.7 Å². The topological polar surface area (TPSA) is 28.2 Å². The first-order chi connectivity index (χ1) is 9.02. The highest BCUT2D eigenvalue weighted by atomic mass is 15.2.